The van der Waals surface area contributed by atoms with Crippen LogP contribution in [0.2, 0.25) is 0 Å². The van der Waals surface area contributed by atoms with Crippen molar-refractivity contribution in [3.05, 3.63) is 66.0 Å². The van der Waals surface area contributed by atoms with Crippen LogP contribution in [0.3, 0.4) is 0 Å². The Kier molecular flexibility index (Phi) is 5.04. The largest absolute Gasteiger partial charge is 0.481 e. The maximum atomic E-state index is 12.5. The summed E-state index contributed by atoms with van der Waals surface area (Å²) in [6.07, 6.45) is 3.22. The molecule has 0 aliphatic rings. The van der Waals surface area contributed by atoms with Crippen molar-refractivity contribution in [3.8, 4) is 0 Å². The van der Waals surface area contributed by atoms with E-state index >= 15 is 0 Å². The summed E-state index contributed by atoms with van der Waals surface area (Å²) >= 11 is 0. The third-order valence-electron chi connectivity index (χ3n) is 3.03. The summed E-state index contributed by atoms with van der Waals surface area (Å²) in [4.78, 5) is 28.7. The van der Waals surface area contributed by atoms with Crippen molar-refractivity contribution < 1.29 is 14.7 Å². The number of hydrogen-bond donors (Lipinski definition) is 1. The van der Waals surface area contributed by atoms with Gasteiger partial charge >= 0.3 is 5.97 Å². The van der Waals surface area contributed by atoms with E-state index in [4.69, 9.17) is 5.11 Å². The maximum Gasteiger partial charge on any atom is 0.305 e. The van der Waals surface area contributed by atoms with Gasteiger partial charge in [0.25, 0.3) is 5.91 Å². The highest BCUT2D eigenvalue weighted by Gasteiger charge is 2.16. The number of aromatic nitrogens is 1. The van der Waals surface area contributed by atoms with Crippen LogP contribution < -0.4 is 0 Å². The van der Waals surface area contributed by atoms with Crippen LogP contribution in [0.4, 0.5) is 0 Å². The number of carbonyl (C=O) groups excluding carboxylic acids is 1. The van der Waals surface area contributed by atoms with Crippen LogP contribution in [-0.2, 0) is 11.3 Å². The van der Waals surface area contributed by atoms with E-state index in [9.17, 15) is 9.59 Å². The highest BCUT2D eigenvalue weighted by molar-refractivity contribution is 5.94. The van der Waals surface area contributed by atoms with Gasteiger partial charge in [-0.15, -0.1) is 0 Å². The molecule has 108 valence electrons. The zero-order chi connectivity index (χ0) is 15.1. The molecule has 2 rings (SSSR count). The Labute approximate surface area is 122 Å². The van der Waals surface area contributed by atoms with Gasteiger partial charge in [-0.25, -0.2) is 0 Å². The first-order chi connectivity index (χ1) is 10.2. The number of hydrogen-bond acceptors (Lipinski definition) is 3. The van der Waals surface area contributed by atoms with Gasteiger partial charge in [-0.3, -0.25) is 14.6 Å². The van der Waals surface area contributed by atoms with Crippen LogP contribution in [0.5, 0.6) is 0 Å². The van der Waals surface area contributed by atoms with E-state index in [1.165, 1.54) is 0 Å². The second-order valence-corrected chi connectivity index (χ2v) is 4.59. The van der Waals surface area contributed by atoms with Crippen LogP contribution in [0.15, 0.2) is 54.9 Å². The van der Waals surface area contributed by atoms with Gasteiger partial charge in [0.2, 0.25) is 0 Å². The topological polar surface area (TPSA) is 70.5 Å². The SMILES string of the molecule is O=C(O)CCN(Cc1ccncc1)C(=O)c1ccccc1. The molecule has 0 spiro atoms. The smallest absolute Gasteiger partial charge is 0.305 e. The molecule has 0 aliphatic heterocycles. The first-order valence-electron chi connectivity index (χ1n) is 6.62. The number of nitrogens with zero attached hydrogens (tertiary/aromatic N) is 2. The van der Waals surface area contributed by atoms with Crippen LogP contribution in [0, 0.1) is 0 Å². The molecular weight excluding hydrogens is 268 g/mol. The number of carbonyl (C=O) groups is 2. The number of pyridine rings is 1. The standard InChI is InChI=1S/C16H16N2O3/c19-15(20)8-11-18(12-13-6-9-17-10-7-13)16(21)14-4-2-1-3-5-14/h1-7,9-10H,8,11-12H2,(H,19,20). The summed E-state index contributed by atoms with van der Waals surface area (Å²) < 4.78 is 0. The van der Waals surface area contributed by atoms with E-state index in [1.807, 2.05) is 18.2 Å². The minimum Gasteiger partial charge on any atom is -0.481 e. The lowest BCUT2D eigenvalue weighted by Gasteiger charge is -2.22. The summed E-state index contributed by atoms with van der Waals surface area (Å²) in [5, 5.41) is 8.83. The summed E-state index contributed by atoms with van der Waals surface area (Å²) in [5.74, 6) is -1.09. The van der Waals surface area contributed by atoms with E-state index in [0.717, 1.165) is 5.56 Å². The molecule has 0 bridgehead atoms. The molecule has 5 heteroatoms. The third kappa shape index (κ3) is 4.42. The van der Waals surface area contributed by atoms with Crippen molar-refractivity contribution >= 4 is 11.9 Å². The molecule has 21 heavy (non-hydrogen) atoms. The Morgan fingerprint density at radius 2 is 1.71 bits per heavy atom. The van der Waals surface area contributed by atoms with E-state index in [-0.39, 0.29) is 18.9 Å². The van der Waals surface area contributed by atoms with Gasteiger partial charge in [0, 0.05) is 31.0 Å². The number of carboxylic acids is 1. The predicted molar refractivity (Wildman–Crippen MR) is 77.7 cm³/mol. The van der Waals surface area contributed by atoms with E-state index in [1.54, 1.807) is 41.6 Å². The van der Waals surface area contributed by atoms with Gasteiger partial charge in [0.1, 0.15) is 0 Å². The fourth-order valence-electron chi connectivity index (χ4n) is 1.95. The molecule has 1 N–H and O–H groups in total. The molecule has 0 fully saturated rings. The van der Waals surface area contributed by atoms with Gasteiger partial charge < -0.3 is 10.0 Å². The Hall–Kier alpha value is -2.69. The number of carboxylic acid groups (broad SMARTS) is 1. The number of amides is 1. The molecule has 1 heterocycles. The zero-order valence-corrected chi connectivity index (χ0v) is 11.5. The quantitative estimate of drug-likeness (QED) is 0.882. The number of aliphatic carboxylic acids is 1. The molecule has 0 aliphatic carbocycles. The fraction of sp³-hybridized carbons (Fsp3) is 0.188. The van der Waals surface area contributed by atoms with Crippen molar-refractivity contribution in [1.29, 1.82) is 0 Å². The second-order valence-electron chi connectivity index (χ2n) is 4.59. The minimum atomic E-state index is -0.921. The lowest BCUT2D eigenvalue weighted by molar-refractivity contribution is -0.137. The molecule has 5 nitrogen and oxygen atoms in total. The Morgan fingerprint density at radius 1 is 1.05 bits per heavy atom. The highest BCUT2D eigenvalue weighted by Crippen LogP contribution is 2.10. The van der Waals surface area contributed by atoms with Crippen molar-refractivity contribution in [2.45, 2.75) is 13.0 Å². The Bertz CT molecular complexity index is 599. The molecule has 0 radical (unpaired) electrons. The lowest BCUT2D eigenvalue weighted by atomic mass is 10.1. The lowest BCUT2D eigenvalue weighted by Crippen LogP contribution is -2.32. The molecule has 0 saturated carbocycles. The average molecular weight is 284 g/mol. The Morgan fingerprint density at radius 3 is 2.33 bits per heavy atom. The fourth-order valence-corrected chi connectivity index (χ4v) is 1.95. The van der Waals surface area contributed by atoms with E-state index in [2.05, 4.69) is 4.98 Å². The van der Waals surface area contributed by atoms with E-state index < -0.39 is 5.97 Å². The molecule has 0 atom stereocenters. The highest BCUT2D eigenvalue weighted by atomic mass is 16.4. The monoisotopic (exact) mass is 284 g/mol. The molecule has 0 unspecified atom stereocenters. The maximum absolute atomic E-state index is 12.5. The van der Waals surface area contributed by atoms with E-state index in [0.29, 0.717) is 12.1 Å². The van der Waals surface area contributed by atoms with Crippen molar-refractivity contribution in [2.24, 2.45) is 0 Å². The van der Waals surface area contributed by atoms with Gasteiger partial charge in [-0.2, -0.15) is 0 Å². The average Bonchev–Trinajstić information content (AvgIpc) is 2.52. The first kappa shape index (κ1) is 14.7. The predicted octanol–water partition coefficient (Wildman–Crippen LogP) is 2.20. The van der Waals surface area contributed by atoms with Gasteiger partial charge in [0.15, 0.2) is 0 Å². The van der Waals surface area contributed by atoms with Gasteiger partial charge in [0.05, 0.1) is 6.42 Å². The van der Waals surface area contributed by atoms with Gasteiger partial charge in [-0.1, -0.05) is 18.2 Å². The molecule has 1 aromatic heterocycles. The van der Waals surface area contributed by atoms with Gasteiger partial charge in [-0.05, 0) is 29.8 Å². The van der Waals surface area contributed by atoms with Crippen LogP contribution in [0.1, 0.15) is 22.3 Å². The third-order valence-corrected chi connectivity index (χ3v) is 3.03. The second kappa shape index (κ2) is 7.19. The summed E-state index contributed by atoms with van der Waals surface area (Å²) in [7, 11) is 0. The normalized spacial score (nSPS) is 10.1. The molecule has 2 aromatic rings. The Balaban J connectivity index is 2.15. The van der Waals surface area contributed by atoms with Crippen molar-refractivity contribution in [1.82, 2.24) is 9.88 Å². The molecule has 0 saturated heterocycles. The first-order valence-corrected chi connectivity index (χ1v) is 6.62. The minimum absolute atomic E-state index is 0.0797. The summed E-state index contributed by atoms with van der Waals surface area (Å²) in [5.41, 5.74) is 1.47. The summed E-state index contributed by atoms with van der Waals surface area (Å²) in [6, 6.07) is 12.5. The zero-order valence-electron chi connectivity index (χ0n) is 11.5. The van der Waals surface area contributed by atoms with Crippen molar-refractivity contribution in [3.63, 3.8) is 0 Å². The molecular formula is C16H16N2O3. The van der Waals surface area contributed by atoms with Crippen LogP contribution >= 0.6 is 0 Å². The summed E-state index contributed by atoms with van der Waals surface area (Å²) in [6.45, 7) is 0.537. The van der Waals surface area contributed by atoms with Crippen LogP contribution in [-0.4, -0.2) is 33.4 Å². The number of benzene rings is 1. The number of rotatable bonds is 6. The molecule has 1 amide bonds. The molecule has 1 aromatic carbocycles. The van der Waals surface area contributed by atoms with Crippen LogP contribution in [0.25, 0.3) is 0 Å². The van der Waals surface area contributed by atoms with Crippen molar-refractivity contribution in [2.75, 3.05) is 6.54 Å².